The lowest BCUT2D eigenvalue weighted by atomic mass is 10.2. The fraction of sp³-hybridized carbons (Fsp3) is 1.00. The minimum Gasteiger partial charge on any atom is -0.276 e. The van der Waals surface area contributed by atoms with Crippen molar-refractivity contribution >= 4 is 11.3 Å². The fourth-order valence-electron chi connectivity index (χ4n) is 1.45. The minimum absolute atomic E-state index is 0.385. The summed E-state index contributed by atoms with van der Waals surface area (Å²) in [6.45, 7) is 5.77. The number of rotatable bonds is 4. The Bertz CT molecular complexity index is 163. The first-order chi connectivity index (χ1) is 5.79. The molecule has 2 atom stereocenters. The van der Waals surface area contributed by atoms with Crippen LogP contribution in [0.4, 0.5) is 0 Å². The molecule has 0 N–H and O–H groups in total. The molecule has 0 spiro atoms. The number of hydrogen-bond acceptors (Lipinski definition) is 2. The van der Waals surface area contributed by atoms with E-state index in [1.807, 2.05) is 4.31 Å². The van der Waals surface area contributed by atoms with Crippen LogP contribution in [0.2, 0.25) is 0 Å². The molecule has 72 valence electrons. The van der Waals surface area contributed by atoms with E-state index < -0.39 is 11.3 Å². The van der Waals surface area contributed by atoms with E-state index in [4.69, 9.17) is 4.18 Å². The van der Waals surface area contributed by atoms with E-state index in [1.54, 1.807) is 0 Å². The van der Waals surface area contributed by atoms with Crippen molar-refractivity contribution in [1.82, 2.24) is 4.31 Å². The molecular weight excluding hydrogens is 174 g/mol. The molecule has 1 aliphatic heterocycles. The molecule has 0 amide bonds. The first kappa shape index (κ1) is 10.2. The summed E-state index contributed by atoms with van der Waals surface area (Å²) in [6, 6.07) is 0.385. The van der Waals surface area contributed by atoms with Gasteiger partial charge in [0.2, 0.25) is 11.3 Å². The lowest BCUT2D eigenvalue weighted by molar-refractivity contribution is 0.296. The quantitative estimate of drug-likeness (QED) is 0.673. The molecule has 1 unspecified atom stereocenters. The molecule has 0 radical (unpaired) electrons. The van der Waals surface area contributed by atoms with E-state index in [1.165, 1.54) is 0 Å². The molecule has 0 aromatic rings. The molecule has 0 bridgehead atoms. The van der Waals surface area contributed by atoms with Crippen molar-refractivity contribution in [2.45, 2.75) is 39.2 Å². The van der Waals surface area contributed by atoms with Crippen LogP contribution in [0.15, 0.2) is 0 Å². The van der Waals surface area contributed by atoms with Crippen molar-refractivity contribution in [1.29, 1.82) is 0 Å². The lowest BCUT2D eigenvalue weighted by Gasteiger charge is -2.18. The minimum atomic E-state index is -1.16. The Morgan fingerprint density at radius 3 is 2.83 bits per heavy atom. The maximum atomic E-state index is 11.3. The summed E-state index contributed by atoms with van der Waals surface area (Å²) in [5, 5.41) is 0. The number of nitrogens with zero attached hydrogens (tertiary/aromatic N) is 1. The molecule has 1 heterocycles. The number of hydrogen-bond donors (Lipinski definition) is 0. The van der Waals surface area contributed by atoms with Crippen LogP contribution in [0.3, 0.4) is 0 Å². The molecule has 1 fully saturated rings. The molecule has 12 heavy (non-hydrogen) atoms. The zero-order valence-corrected chi connectivity index (χ0v) is 8.60. The van der Waals surface area contributed by atoms with Crippen LogP contribution in [0, 0.1) is 0 Å². The normalized spacial score (nSPS) is 31.2. The highest BCUT2D eigenvalue weighted by atomic mass is 32.2. The lowest BCUT2D eigenvalue weighted by Crippen LogP contribution is -2.31. The van der Waals surface area contributed by atoms with Gasteiger partial charge < -0.3 is 0 Å². The summed E-state index contributed by atoms with van der Waals surface area (Å²) in [4.78, 5) is 0. The van der Waals surface area contributed by atoms with Crippen molar-refractivity contribution in [2.24, 2.45) is 0 Å². The Morgan fingerprint density at radius 1 is 1.50 bits per heavy atom. The van der Waals surface area contributed by atoms with Gasteiger partial charge in [-0.1, -0.05) is 20.3 Å². The van der Waals surface area contributed by atoms with Gasteiger partial charge in [-0.2, -0.15) is 4.31 Å². The van der Waals surface area contributed by atoms with Crippen LogP contribution in [0.5, 0.6) is 0 Å². The largest absolute Gasteiger partial charge is 0.276 e. The zero-order valence-electron chi connectivity index (χ0n) is 7.78. The Hall–Kier alpha value is 0.0700. The standard InChI is InChI=1S/C8H17NO2S/c1-3-5-8-7-11-12(10)9(8)6-4-2/h8H,3-7H2,1-2H3/t8?,12-/m0/s1. The molecule has 1 saturated heterocycles. The van der Waals surface area contributed by atoms with Gasteiger partial charge in [0.05, 0.1) is 6.61 Å². The van der Waals surface area contributed by atoms with Gasteiger partial charge in [0, 0.05) is 12.6 Å². The monoisotopic (exact) mass is 191 g/mol. The van der Waals surface area contributed by atoms with Gasteiger partial charge in [-0.3, -0.25) is 4.18 Å². The summed E-state index contributed by atoms with van der Waals surface area (Å²) < 4.78 is 18.3. The summed E-state index contributed by atoms with van der Waals surface area (Å²) in [7, 11) is 0. The van der Waals surface area contributed by atoms with Crippen molar-refractivity contribution in [3.8, 4) is 0 Å². The van der Waals surface area contributed by atoms with Crippen molar-refractivity contribution in [2.75, 3.05) is 13.2 Å². The van der Waals surface area contributed by atoms with E-state index in [0.717, 1.165) is 25.8 Å². The molecule has 0 aromatic heterocycles. The molecule has 1 aliphatic rings. The van der Waals surface area contributed by atoms with Crippen molar-refractivity contribution < 1.29 is 8.39 Å². The predicted octanol–water partition coefficient (Wildman–Crippen LogP) is 1.48. The maximum Gasteiger partial charge on any atom is 0.237 e. The fourth-order valence-corrected chi connectivity index (χ4v) is 2.60. The van der Waals surface area contributed by atoms with Crippen molar-refractivity contribution in [3.63, 3.8) is 0 Å². The molecule has 0 saturated carbocycles. The van der Waals surface area contributed by atoms with Crippen LogP contribution in [0.25, 0.3) is 0 Å². The van der Waals surface area contributed by atoms with E-state index >= 15 is 0 Å². The molecule has 1 rings (SSSR count). The highest BCUT2D eigenvalue weighted by molar-refractivity contribution is 7.78. The molecule has 3 nitrogen and oxygen atoms in total. The van der Waals surface area contributed by atoms with Crippen LogP contribution < -0.4 is 0 Å². The van der Waals surface area contributed by atoms with Crippen LogP contribution >= 0.6 is 0 Å². The third-order valence-corrected chi connectivity index (χ3v) is 3.23. The first-order valence-corrected chi connectivity index (χ1v) is 5.64. The predicted molar refractivity (Wildman–Crippen MR) is 49.8 cm³/mol. The molecule has 0 aliphatic carbocycles. The van der Waals surface area contributed by atoms with E-state index in [0.29, 0.717) is 12.6 Å². The second kappa shape index (κ2) is 4.94. The Labute approximate surface area is 76.9 Å². The average Bonchev–Trinajstić information content (AvgIpc) is 2.37. The Morgan fingerprint density at radius 2 is 2.25 bits per heavy atom. The highest BCUT2D eigenvalue weighted by Crippen LogP contribution is 2.18. The van der Waals surface area contributed by atoms with Gasteiger partial charge in [-0.25, -0.2) is 4.21 Å². The molecule has 4 heteroatoms. The maximum absolute atomic E-state index is 11.3. The van der Waals surface area contributed by atoms with E-state index in [9.17, 15) is 4.21 Å². The summed E-state index contributed by atoms with van der Waals surface area (Å²) in [5.74, 6) is 0. The van der Waals surface area contributed by atoms with Gasteiger partial charge >= 0.3 is 0 Å². The Balaban J connectivity index is 2.45. The van der Waals surface area contributed by atoms with E-state index in [2.05, 4.69) is 13.8 Å². The average molecular weight is 191 g/mol. The summed E-state index contributed by atoms with van der Waals surface area (Å²) >= 11 is -1.16. The topological polar surface area (TPSA) is 29.5 Å². The molecule has 0 aromatic carbocycles. The van der Waals surface area contributed by atoms with Crippen LogP contribution in [-0.2, 0) is 15.4 Å². The van der Waals surface area contributed by atoms with Gasteiger partial charge in [-0.15, -0.1) is 0 Å². The van der Waals surface area contributed by atoms with Gasteiger partial charge in [-0.05, 0) is 12.8 Å². The summed E-state index contributed by atoms with van der Waals surface area (Å²) in [5.41, 5.74) is 0. The third kappa shape index (κ3) is 2.28. The highest BCUT2D eigenvalue weighted by Gasteiger charge is 2.30. The van der Waals surface area contributed by atoms with Crippen molar-refractivity contribution in [3.05, 3.63) is 0 Å². The first-order valence-electron chi connectivity index (χ1n) is 4.61. The smallest absolute Gasteiger partial charge is 0.237 e. The van der Waals surface area contributed by atoms with Gasteiger partial charge in [0.1, 0.15) is 0 Å². The second-order valence-electron chi connectivity index (χ2n) is 3.08. The SMILES string of the molecule is CCCC1CO[S@](=O)N1CCC. The zero-order chi connectivity index (χ0) is 8.97. The third-order valence-electron chi connectivity index (χ3n) is 2.03. The van der Waals surface area contributed by atoms with Gasteiger partial charge in [0.25, 0.3) is 0 Å². The van der Waals surface area contributed by atoms with Crippen LogP contribution in [0.1, 0.15) is 33.1 Å². The molecular formula is C8H17NO2S. The van der Waals surface area contributed by atoms with Crippen LogP contribution in [-0.4, -0.2) is 27.7 Å². The van der Waals surface area contributed by atoms with E-state index in [-0.39, 0.29) is 0 Å². The second-order valence-corrected chi connectivity index (χ2v) is 4.22. The van der Waals surface area contributed by atoms with Gasteiger partial charge in [0.15, 0.2) is 0 Å². The summed E-state index contributed by atoms with van der Waals surface area (Å²) in [6.07, 6.45) is 3.26. The Kier molecular flexibility index (Phi) is 4.18.